The lowest BCUT2D eigenvalue weighted by Gasteiger charge is -2.22. The van der Waals surface area contributed by atoms with E-state index in [-0.39, 0.29) is 25.5 Å². The normalized spacial score (nSPS) is 17.1. The minimum Gasteiger partial charge on any atom is -0.460 e. The van der Waals surface area contributed by atoms with Gasteiger partial charge in [-0.25, -0.2) is 13.2 Å². The van der Waals surface area contributed by atoms with E-state index >= 15 is 0 Å². The lowest BCUT2D eigenvalue weighted by atomic mass is 10.2. The maximum absolute atomic E-state index is 13.0. The second kappa shape index (κ2) is 9.38. The number of sulfonamides is 1. The van der Waals surface area contributed by atoms with Crippen LogP contribution in [0.1, 0.15) is 35.9 Å². The Morgan fingerprint density at radius 3 is 2.73 bits per heavy atom. The summed E-state index contributed by atoms with van der Waals surface area (Å²) in [5, 5.41) is 3.19. The van der Waals surface area contributed by atoms with E-state index in [9.17, 15) is 18.0 Å². The van der Waals surface area contributed by atoms with Crippen molar-refractivity contribution in [2.24, 2.45) is 0 Å². The zero-order valence-corrected chi connectivity index (χ0v) is 18.4. The molecule has 0 spiro atoms. The maximum atomic E-state index is 13.0. The fourth-order valence-electron chi connectivity index (χ4n) is 3.14. The van der Waals surface area contributed by atoms with Crippen LogP contribution in [0.15, 0.2) is 39.8 Å². The van der Waals surface area contributed by atoms with Crippen molar-refractivity contribution in [3.63, 3.8) is 0 Å². The largest absolute Gasteiger partial charge is 0.460 e. The van der Waals surface area contributed by atoms with E-state index in [0.29, 0.717) is 28.5 Å². The third-order valence-electron chi connectivity index (χ3n) is 4.60. The van der Waals surface area contributed by atoms with Crippen molar-refractivity contribution in [1.82, 2.24) is 9.62 Å². The van der Waals surface area contributed by atoms with Gasteiger partial charge in [0.05, 0.1) is 6.61 Å². The summed E-state index contributed by atoms with van der Waals surface area (Å²) < 4.78 is 37.0. The molecule has 1 aromatic carbocycles. The van der Waals surface area contributed by atoms with Crippen molar-refractivity contribution in [3.8, 4) is 0 Å². The number of rotatable bonds is 7. The highest BCUT2D eigenvalue weighted by molar-refractivity contribution is 7.89. The number of esters is 1. The van der Waals surface area contributed by atoms with Crippen LogP contribution in [-0.2, 0) is 26.1 Å². The quantitative estimate of drug-likeness (QED) is 0.617. The number of carbonyl (C=O) groups excluding carboxylic acids is 2. The van der Waals surface area contributed by atoms with Gasteiger partial charge in [0, 0.05) is 23.1 Å². The summed E-state index contributed by atoms with van der Waals surface area (Å²) in [5.41, 5.74) is 0.659. The van der Waals surface area contributed by atoms with E-state index in [2.05, 4.69) is 5.32 Å². The third kappa shape index (κ3) is 4.80. The Balaban J connectivity index is 1.72. The van der Waals surface area contributed by atoms with Gasteiger partial charge in [-0.05, 0) is 49.6 Å². The van der Waals surface area contributed by atoms with E-state index < -0.39 is 33.0 Å². The van der Waals surface area contributed by atoms with E-state index in [4.69, 9.17) is 32.4 Å². The SMILES string of the molecule is CCOC(=O)c1ccc(S(=O)(=O)N2CCCC2C(=O)NCc2ccc(Cl)cc2Cl)o1. The van der Waals surface area contributed by atoms with Crippen molar-refractivity contribution in [2.45, 2.75) is 37.4 Å². The summed E-state index contributed by atoms with van der Waals surface area (Å²) >= 11 is 12.0. The van der Waals surface area contributed by atoms with Crippen molar-refractivity contribution < 1.29 is 27.2 Å². The van der Waals surface area contributed by atoms with Crippen LogP contribution in [0.2, 0.25) is 10.0 Å². The highest BCUT2D eigenvalue weighted by atomic mass is 35.5. The van der Waals surface area contributed by atoms with Crippen LogP contribution < -0.4 is 5.32 Å². The highest BCUT2D eigenvalue weighted by Gasteiger charge is 2.41. The average molecular weight is 475 g/mol. The highest BCUT2D eigenvalue weighted by Crippen LogP contribution is 2.28. The lowest BCUT2D eigenvalue weighted by Crippen LogP contribution is -2.45. The van der Waals surface area contributed by atoms with Gasteiger partial charge in [0.15, 0.2) is 0 Å². The molecule has 1 aliphatic heterocycles. The van der Waals surface area contributed by atoms with Gasteiger partial charge in [-0.1, -0.05) is 29.3 Å². The molecule has 1 amide bonds. The molecule has 0 radical (unpaired) electrons. The number of nitrogens with zero attached hydrogens (tertiary/aromatic N) is 1. The Morgan fingerprint density at radius 1 is 1.27 bits per heavy atom. The Labute approximate surface area is 184 Å². The van der Waals surface area contributed by atoms with Crippen LogP contribution in [0.4, 0.5) is 0 Å². The van der Waals surface area contributed by atoms with Crippen molar-refractivity contribution in [1.29, 1.82) is 0 Å². The Bertz CT molecular complexity index is 1050. The zero-order valence-electron chi connectivity index (χ0n) is 16.1. The van der Waals surface area contributed by atoms with Crippen molar-refractivity contribution in [2.75, 3.05) is 13.2 Å². The molecule has 1 unspecified atom stereocenters. The van der Waals surface area contributed by atoms with Gasteiger partial charge in [-0.2, -0.15) is 4.31 Å². The number of halogens is 2. The molecule has 1 aliphatic rings. The number of carbonyl (C=O) groups is 2. The molecule has 162 valence electrons. The summed E-state index contributed by atoms with van der Waals surface area (Å²) in [6.45, 7) is 2.06. The molecule has 1 atom stereocenters. The fraction of sp³-hybridized carbons (Fsp3) is 0.368. The van der Waals surface area contributed by atoms with Gasteiger partial charge in [0.2, 0.25) is 16.8 Å². The third-order valence-corrected chi connectivity index (χ3v) is 6.96. The van der Waals surface area contributed by atoms with Crippen LogP contribution in [0.3, 0.4) is 0 Å². The lowest BCUT2D eigenvalue weighted by molar-refractivity contribution is -0.124. The first-order valence-corrected chi connectivity index (χ1v) is 11.4. The Kier molecular flexibility index (Phi) is 7.07. The fourth-order valence-corrected chi connectivity index (χ4v) is 5.19. The molecule has 0 aliphatic carbocycles. The molecule has 1 N–H and O–H groups in total. The number of amides is 1. The molecule has 30 heavy (non-hydrogen) atoms. The molecule has 8 nitrogen and oxygen atoms in total. The van der Waals surface area contributed by atoms with Crippen LogP contribution in [0.5, 0.6) is 0 Å². The van der Waals surface area contributed by atoms with E-state index in [1.807, 2.05) is 0 Å². The summed E-state index contributed by atoms with van der Waals surface area (Å²) in [7, 11) is -4.10. The van der Waals surface area contributed by atoms with Crippen LogP contribution in [-0.4, -0.2) is 43.8 Å². The van der Waals surface area contributed by atoms with Gasteiger partial charge >= 0.3 is 5.97 Å². The number of nitrogens with one attached hydrogen (secondary N) is 1. The first-order chi connectivity index (χ1) is 14.2. The van der Waals surface area contributed by atoms with Gasteiger partial charge < -0.3 is 14.5 Å². The molecule has 1 saturated heterocycles. The summed E-state index contributed by atoms with van der Waals surface area (Å²) in [6, 6.07) is 6.43. The van der Waals surface area contributed by atoms with Crippen LogP contribution in [0, 0.1) is 0 Å². The first-order valence-electron chi connectivity index (χ1n) is 9.24. The minimum absolute atomic E-state index is 0.132. The smallest absolute Gasteiger partial charge is 0.374 e. The first kappa shape index (κ1) is 22.6. The average Bonchev–Trinajstić information content (AvgIpc) is 3.37. The molecule has 2 heterocycles. The second-order valence-corrected chi connectivity index (χ2v) is 9.23. The van der Waals surface area contributed by atoms with Crippen LogP contribution >= 0.6 is 23.2 Å². The molecule has 2 aromatic rings. The van der Waals surface area contributed by atoms with Crippen molar-refractivity contribution in [3.05, 3.63) is 51.7 Å². The molecule has 1 aromatic heterocycles. The van der Waals surface area contributed by atoms with Gasteiger partial charge in [-0.3, -0.25) is 4.79 Å². The molecule has 0 saturated carbocycles. The number of hydrogen-bond acceptors (Lipinski definition) is 6. The van der Waals surface area contributed by atoms with Crippen LogP contribution in [0.25, 0.3) is 0 Å². The zero-order chi connectivity index (χ0) is 21.9. The van der Waals surface area contributed by atoms with Gasteiger partial charge in [0.1, 0.15) is 6.04 Å². The molecule has 1 fully saturated rings. The number of hydrogen-bond donors (Lipinski definition) is 1. The maximum Gasteiger partial charge on any atom is 0.374 e. The molecular formula is C19H20Cl2N2O6S. The summed E-state index contributed by atoms with van der Waals surface area (Å²) in [4.78, 5) is 24.4. The molecule has 11 heteroatoms. The second-order valence-electron chi connectivity index (χ2n) is 6.57. The number of benzene rings is 1. The van der Waals surface area contributed by atoms with E-state index in [0.717, 1.165) is 4.31 Å². The summed E-state index contributed by atoms with van der Waals surface area (Å²) in [5.74, 6) is -1.42. The standard InChI is InChI=1S/C19H20Cl2N2O6S/c1-2-28-19(25)16-7-8-17(29-16)30(26,27)23-9-3-4-15(23)18(24)22-11-12-5-6-13(20)10-14(12)21/h5-8,10,15H,2-4,9,11H2,1H3,(H,22,24). The van der Waals surface area contributed by atoms with E-state index in [1.54, 1.807) is 25.1 Å². The molecule has 3 rings (SSSR count). The topological polar surface area (TPSA) is 106 Å². The Morgan fingerprint density at radius 2 is 2.03 bits per heavy atom. The predicted molar refractivity (Wildman–Crippen MR) is 110 cm³/mol. The minimum atomic E-state index is -4.10. The number of ether oxygens (including phenoxy) is 1. The number of furan rings is 1. The van der Waals surface area contributed by atoms with Gasteiger partial charge in [0.25, 0.3) is 10.0 Å². The Hall–Kier alpha value is -2.07. The van der Waals surface area contributed by atoms with Crippen molar-refractivity contribution >= 4 is 45.1 Å². The molecular weight excluding hydrogens is 455 g/mol. The van der Waals surface area contributed by atoms with Gasteiger partial charge in [-0.15, -0.1) is 0 Å². The molecule has 0 bridgehead atoms. The van der Waals surface area contributed by atoms with E-state index in [1.165, 1.54) is 12.1 Å². The monoisotopic (exact) mass is 474 g/mol. The predicted octanol–water partition coefficient (Wildman–Crippen LogP) is 3.23. The summed E-state index contributed by atoms with van der Waals surface area (Å²) in [6.07, 6.45) is 0.884.